The Morgan fingerprint density at radius 2 is 1.78 bits per heavy atom. The summed E-state index contributed by atoms with van der Waals surface area (Å²) >= 11 is 0. The number of ketones is 4. The van der Waals surface area contributed by atoms with Gasteiger partial charge in [-0.2, -0.15) is 0 Å². The smallest absolute Gasteiger partial charge is 0.196 e. The lowest BCUT2D eigenvalue weighted by Crippen LogP contribution is -2.49. The largest absolute Gasteiger partial charge is 0.386 e. The average molecular weight is 378 g/mol. The Labute approximate surface area is 160 Å². The molecular weight excluding hydrogens is 348 g/mol. The first-order chi connectivity index (χ1) is 12.2. The lowest BCUT2D eigenvalue weighted by molar-refractivity contribution is -0.151. The summed E-state index contributed by atoms with van der Waals surface area (Å²) < 4.78 is 0. The van der Waals surface area contributed by atoms with Crippen molar-refractivity contribution in [3.05, 3.63) is 23.8 Å². The van der Waals surface area contributed by atoms with Gasteiger partial charge in [0.25, 0.3) is 0 Å². The van der Waals surface area contributed by atoms with Crippen molar-refractivity contribution in [1.29, 1.82) is 0 Å². The van der Waals surface area contributed by atoms with E-state index in [4.69, 9.17) is 0 Å². The summed E-state index contributed by atoms with van der Waals surface area (Å²) in [5.41, 5.74) is -3.07. The second-order valence-electron chi connectivity index (χ2n) is 8.45. The Balaban J connectivity index is 3.38. The maximum absolute atomic E-state index is 12.9. The number of rotatable bonds is 8. The van der Waals surface area contributed by atoms with Crippen LogP contribution in [0.15, 0.2) is 23.8 Å². The van der Waals surface area contributed by atoms with E-state index in [1.807, 2.05) is 0 Å². The fourth-order valence-electron chi connectivity index (χ4n) is 3.09. The van der Waals surface area contributed by atoms with Gasteiger partial charge in [-0.25, -0.2) is 0 Å². The first-order valence-electron chi connectivity index (χ1n) is 9.14. The Kier molecular flexibility index (Phi) is 7.19. The van der Waals surface area contributed by atoms with Crippen LogP contribution in [0.25, 0.3) is 0 Å². The van der Waals surface area contributed by atoms with Crippen molar-refractivity contribution in [3.8, 4) is 0 Å². The van der Waals surface area contributed by atoms with Gasteiger partial charge in [0, 0.05) is 6.42 Å². The van der Waals surface area contributed by atoms with Crippen LogP contribution in [-0.4, -0.2) is 44.5 Å². The molecule has 6 nitrogen and oxygen atoms in total. The van der Waals surface area contributed by atoms with E-state index in [9.17, 15) is 29.4 Å². The van der Waals surface area contributed by atoms with Crippen LogP contribution in [0.4, 0.5) is 0 Å². The van der Waals surface area contributed by atoms with Crippen LogP contribution in [0.2, 0.25) is 0 Å². The van der Waals surface area contributed by atoms with Crippen LogP contribution in [0, 0.1) is 17.8 Å². The highest BCUT2D eigenvalue weighted by Gasteiger charge is 2.64. The molecule has 0 saturated heterocycles. The summed E-state index contributed by atoms with van der Waals surface area (Å²) in [6.45, 7) is 10.0. The number of carbonyl (C=O) groups is 4. The van der Waals surface area contributed by atoms with Crippen molar-refractivity contribution in [2.45, 2.75) is 65.6 Å². The first-order valence-corrected chi connectivity index (χ1v) is 9.14. The first kappa shape index (κ1) is 23.1. The number of hydrogen-bond donors (Lipinski definition) is 2. The second kappa shape index (κ2) is 8.40. The zero-order valence-electron chi connectivity index (χ0n) is 16.9. The van der Waals surface area contributed by atoms with Crippen molar-refractivity contribution >= 4 is 23.1 Å². The molecule has 1 unspecified atom stereocenters. The van der Waals surface area contributed by atoms with E-state index in [0.717, 1.165) is 17.7 Å². The third-order valence-corrected chi connectivity index (χ3v) is 4.48. The van der Waals surface area contributed by atoms with Crippen LogP contribution < -0.4 is 0 Å². The monoisotopic (exact) mass is 378 g/mol. The van der Waals surface area contributed by atoms with E-state index in [2.05, 4.69) is 0 Å². The van der Waals surface area contributed by atoms with E-state index in [0.29, 0.717) is 0 Å². The molecule has 1 aliphatic rings. The molecule has 0 amide bonds. The zero-order chi connectivity index (χ0) is 21.2. The van der Waals surface area contributed by atoms with Crippen LogP contribution in [0.3, 0.4) is 0 Å². The molecule has 0 aromatic heterocycles. The molecule has 1 saturated carbocycles. The van der Waals surface area contributed by atoms with E-state index in [1.165, 1.54) is 13.8 Å². The van der Waals surface area contributed by atoms with Crippen molar-refractivity contribution in [2.24, 2.45) is 17.8 Å². The Morgan fingerprint density at radius 1 is 1.22 bits per heavy atom. The summed E-state index contributed by atoms with van der Waals surface area (Å²) in [5.74, 6) is -6.33. The molecule has 0 aromatic carbocycles. The molecule has 1 fully saturated rings. The number of carbonyl (C=O) groups excluding carboxylic acids is 4. The number of hydrogen-bond acceptors (Lipinski definition) is 6. The van der Waals surface area contributed by atoms with Gasteiger partial charge in [-0.15, -0.1) is 0 Å². The van der Waals surface area contributed by atoms with Crippen molar-refractivity contribution in [1.82, 2.24) is 0 Å². The Morgan fingerprint density at radius 3 is 2.22 bits per heavy atom. The predicted octanol–water partition coefficient (Wildman–Crippen LogP) is 1.97. The molecule has 0 radical (unpaired) electrons. The molecule has 0 bridgehead atoms. The van der Waals surface area contributed by atoms with Crippen molar-refractivity contribution in [3.63, 3.8) is 0 Å². The maximum atomic E-state index is 12.9. The maximum Gasteiger partial charge on any atom is 0.196 e. The SMILES string of the molecule is CC(C)=CC[C@H]1C(=O)C(C(=O)CC(C)C)C(=O)[C@]1(O)C(=O)C=CC(C)(C)O. The molecule has 0 aromatic rings. The van der Waals surface area contributed by atoms with E-state index >= 15 is 0 Å². The molecule has 1 rings (SSSR count). The minimum absolute atomic E-state index is 0.0152. The minimum atomic E-state index is -2.60. The van der Waals surface area contributed by atoms with Crippen LogP contribution in [0.1, 0.15) is 54.4 Å². The van der Waals surface area contributed by atoms with Gasteiger partial charge in [0.15, 0.2) is 28.7 Å². The molecule has 0 aliphatic heterocycles. The van der Waals surface area contributed by atoms with Gasteiger partial charge in [0.1, 0.15) is 5.92 Å². The topological polar surface area (TPSA) is 109 Å². The lowest BCUT2D eigenvalue weighted by Gasteiger charge is -2.24. The van der Waals surface area contributed by atoms with Gasteiger partial charge < -0.3 is 10.2 Å². The normalized spacial score (nSPS) is 26.1. The molecule has 150 valence electrons. The van der Waals surface area contributed by atoms with Crippen LogP contribution >= 0.6 is 0 Å². The molecule has 27 heavy (non-hydrogen) atoms. The van der Waals surface area contributed by atoms with Gasteiger partial charge in [0.2, 0.25) is 0 Å². The molecule has 1 aliphatic carbocycles. The van der Waals surface area contributed by atoms with Gasteiger partial charge in [0.05, 0.1) is 11.5 Å². The molecule has 6 heteroatoms. The summed E-state index contributed by atoms with van der Waals surface area (Å²) in [6, 6.07) is 0. The van der Waals surface area contributed by atoms with Gasteiger partial charge in [-0.05, 0) is 46.1 Å². The van der Waals surface area contributed by atoms with E-state index in [1.54, 1.807) is 33.8 Å². The molecule has 2 N–H and O–H groups in total. The van der Waals surface area contributed by atoms with E-state index in [-0.39, 0.29) is 18.8 Å². The fourth-order valence-corrected chi connectivity index (χ4v) is 3.09. The molecular formula is C21H30O6. The van der Waals surface area contributed by atoms with E-state index < -0.39 is 46.2 Å². The third kappa shape index (κ3) is 5.30. The van der Waals surface area contributed by atoms with Crippen molar-refractivity contribution in [2.75, 3.05) is 0 Å². The molecule has 3 atom stereocenters. The fraction of sp³-hybridized carbons (Fsp3) is 0.619. The van der Waals surface area contributed by atoms with Crippen LogP contribution in [-0.2, 0) is 19.2 Å². The highest BCUT2D eigenvalue weighted by atomic mass is 16.3. The summed E-state index contributed by atoms with van der Waals surface area (Å²) in [6.07, 6.45) is 3.71. The summed E-state index contributed by atoms with van der Waals surface area (Å²) in [7, 11) is 0. The highest BCUT2D eigenvalue weighted by Crippen LogP contribution is 2.39. The highest BCUT2D eigenvalue weighted by molar-refractivity contribution is 6.34. The number of allylic oxidation sites excluding steroid dienone is 2. The van der Waals surface area contributed by atoms with Gasteiger partial charge in [-0.3, -0.25) is 19.2 Å². The molecule has 0 spiro atoms. The number of aliphatic hydroxyl groups is 2. The quantitative estimate of drug-likeness (QED) is 0.380. The summed E-state index contributed by atoms with van der Waals surface area (Å²) in [5, 5.41) is 20.7. The standard InChI is InChI=1S/C21H30O6/c1-12(2)7-8-14-18(24)17(15(22)11-13(3)4)19(25)21(14,27)16(23)9-10-20(5,6)26/h7,9-10,13-14,17,26-27H,8,11H2,1-6H3/t14-,17?,21+/m0/s1. The van der Waals surface area contributed by atoms with Crippen LogP contribution in [0.5, 0.6) is 0 Å². The predicted molar refractivity (Wildman–Crippen MR) is 101 cm³/mol. The van der Waals surface area contributed by atoms with Gasteiger partial charge in [-0.1, -0.05) is 31.6 Å². The Bertz CT molecular complexity index is 688. The Hall–Kier alpha value is -1.92. The number of Topliss-reactive ketones (excluding diaryl/α,β-unsaturated/α-hetero) is 3. The third-order valence-electron chi connectivity index (χ3n) is 4.48. The minimum Gasteiger partial charge on any atom is -0.386 e. The summed E-state index contributed by atoms with van der Waals surface area (Å²) in [4.78, 5) is 50.8. The average Bonchev–Trinajstić information content (AvgIpc) is 2.69. The molecule has 0 heterocycles. The second-order valence-corrected chi connectivity index (χ2v) is 8.45. The lowest BCUT2D eigenvalue weighted by atomic mass is 9.82. The van der Waals surface area contributed by atoms with Gasteiger partial charge >= 0.3 is 0 Å². The van der Waals surface area contributed by atoms with Crippen molar-refractivity contribution < 1.29 is 29.4 Å². The zero-order valence-corrected chi connectivity index (χ0v) is 16.9.